The largest absolute Gasteiger partial charge is 0.325 e. The summed E-state index contributed by atoms with van der Waals surface area (Å²) in [6.07, 6.45) is 3.35. The summed E-state index contributed by atoms with van der Waals surface area (Å²) in [6, 6.07) is 16.8. The highest BCUT2D eigenvalue weighted by atomic mass is 32.2. The van der Waals surface area contributed by atoms with E-state index in [1.54, 1.807) is 11.8 Å². The summed E-state index contributed by atoms with van der Waals surface area (Å²) in [5, 5.41) is 2.97. The van der Waals surface area contributed by atoms with Crippen LogP contribution in [-0.4, -0.2) is 38.0 Å². The van der Waals surface area contributed by atoms with Crippen LogP contribution in [0.4, 0.5) is 5.69 Å². The van der Waals surface area contributed by atoms with Gasteiger partial charge in [-0.2, -0.15) is 0 Å². The van der Waals surface area contributed by atoms with E-state index in [1.807, 2.05) is 60.9 Å². The molecule has 1 amide bonds. The van der Waals surface area contributed by atoms with Gasteiger partial charge in [-0.05, 0) is 36.8 Å². The molecule has 0 aliphatic carbocycles. The molecule has 1 N–H and O–H groups in total. The number of carbonyl (C=O) groups is 1. The van der Waals surface area contributed by atoms with Crippen LogP contribution in [0.3, 0.4) is 0 Å². The van der Waals surface area contributed by atoms with Crippen molar-refractivity contribution in [3.05, 3.63) is 60.2 Å². The molecule has 1 unspecified atom stereocenters. The molecule has 27 heavy (non-hydrogen) atoms. The first-order chi connectivity index (χ1) is 13.0. The maximum Gasteiger partial charge on any atom is 0.228 e. The third-order valence-electron chi connectivity index (χ3n) is 4.71. The number of nitrogens with zero attached hydrogens (tertiary/aromatic N) is 1. The molecule has 1 heterocycles. The Morgan fingerprint density at radius 2 is 1.85 bits per heavy atom. The fourth-order valence-corrected chi connectivity index (χ4v) is 5.43. The Balaban J connectivity index is 1.67. The number of sulfonamides is 1. The van der Waals surface area contributed by atoms with Gasteiger partial charge in [0, 0.05) is 18.0 Å². The molecule has 2 aromatic carbocycles. The van der Waals surface area contributed by atoms with Gasteiger partial charge in [0.05, 0.1) is 17.4 Å². The SMILES string of the molecule is CSc1ccccc1NC(=O)C1CCCN(S(=O)(=O)Cc2ccccc2)C1. The van der Waals surface area contributed by atoms with E-state index in [0.717, 1.165) is 16.1 Å². The van der Waals surface area contributed by atoms with Gasteiger partial charge in [-0.15, -0.1) is 11.8 Å². The van der Waals surface area contributed by atoms with Crippen LogP contribution in [0.2, 0.25) is 0 Å². The zero-order valence-corrected chi connectivity index (χ0v) is 16.9. The molecular formula is C20H24N2O3S2. The van der Waals surface area contributed by atoms with Crippen molar-refractivity contribution in [2.75, 3.05) is 24.7 Å². The van der Waals surface area contributed by atoms with Crippen molar-refractivity contribution in [2.45, 2.75) is 23.5 Å². The van der Waals surface area contributed by atoms with E-state index in [1.165, 1.54) is 4.31 Å². The number of thioether (sulfide) groups is 1. The van der Waals surface area contributed by atoms with E-state index in [-0.39, 0.29) is 24.1 Å². The van der Waals surface area contributed by atoms with Crippen LogP contribution in [0.25, 0.3) is 0 Å². The molecule has 0 aromatic heterocycles. The molecule has 1 fully saturated rings. The molecule has 1 atom stereocenters. The van der Waals surface area contributed by atoms with Gasteiger partial charge in [-0.1, -0.05) is 42.5 Å². The molecular weight excluding hydrogens is 380 g/mol. The van der Waals surface area contributed by atoms with E-state index in [2.05, 4.69) is 5.32 Å². The van der Waals surface area contributed by atoms with Crippen molar-refractivity contribution in [3.8, 4) is 0 Å². The Kier molecular flexibility index (Phi) is 6.57. The first-order valence-electron chi connectivity index (χ1n) is 8.95. The van der Waals surface area contributed by atoms with E-state index in [0.29, 0.717) is 19.4 Å². The van der Waals surface area contributed by atoms with E-state index >= 15 is 0 Å². The number of hydrogen-bond acceptors (Lipinski definition) is 4. The summed E-state index contributed by atoms with van der Waals surface area (Å²) in [4.78, 5) is 13.7. The average molecular weight is 405 g/mol. The third-order valence-corrected chi connectivity index (χ3v) is 7.32. The summed E-state index contributed by atoms with van der Waals surface area (Å²) in [5.74, 6) is -0.479. The molecule has 1 saturated heterocycles. The Morgan fingerprint density at radius 1 is 1.15 bits per heavy atom. The van der Waals surface area contributed by atoms with Gasteiger partial charge in [0.15, 0.2) is 0 Å². The van der Waals surface area contributed by atoms with Crippen molar-refractivity contribution in [3.63, 3.8) is 0 Å². The number of piperidine rings is 1. The lowest BCUT2D eigenvalue weighted by Crippen LogP contribution is -2.44. The lowest BCUT2D eigenvalue weighted by Gasteiger charge is -2.31. The van der Waals surface area contributed by atoms with Crippen LogP contribution in [0.5, 0.6) is 0 Å². The van der Waals surface area contributed by atoms with Gasteiger partial charge < -0.3 is 5.32 Å². The van der Waals surface area contributed by atoms with E-state index in [4.69, 9.17) is 0 Å². The van der Waals surface area contributed by atoms with Crippen LogP contribution in [-0.2, 0) is 20.6 Å². The van der Waals surface area contributed by atoms with Crippen molar-refractivity contribution >= 4 is 33.4 Å². The zero-order chi connectivity index (χ0) is 19.3. The van der Waals surface area contributed by atoms with Crippen LogP contribution in [0, 0.1) is 5.92 Å². The molecule has 0 spiro atoms. The standard InChI is InChI=1S/C20H24N2O3S2/c1-26-19-12-6-5-11-18(19)21-20(23)17-10-7-13-22(14-17)27(24,25)15-16-8-3-2-4-9-16/h2-6,8-9,11-12,17H,7,10,13-15H2,1H3,(H,21,23). The molecule has 1 aliphatic rings. The van der Waals surface area contributed by atoms with Gasteiger partial charge in [-0.25, -0.2) is 12.7 Å². The number of carbonyl (C=O) groups excluding carboxylic acids is 1. The molecule has 0 saturated carbocycles. The number of anilines is 1. The Morgan fingerprint density at radius 3 is 2.59 bits per heavy atom. The quantitative estimate of drug-likeness (QED) is 0.747. The Bertz CT molecular complexity index is 885. The van der Waals surface area contributed by atoms with Crippen molar-refractivity contribution in [1.29, 1.82) is 0 Å². The molecule has 0 radical (unpaired) electrons. The lowest BCUT2D eigenvalue weighted by molar-refractivity contribution is -0.120. The van der Waals surface area contributed by atoms with Crippen LogP contribution < -0.4 is 5.32 Å². The number of para-hydroxylation sites is 1. The summed E-state index contributed by atoms with van der Waals surface area (Å²) in [7, 11) is -3.44. The Hall–Kier alpha value is -1.83. The van der Waals surface area contributed by atoms with Crippen LogP contribution in [0.15, 0.2) is 59.5 Å². The number of hydrogen-bond donors (Lipinski definition) is 1. The van der Waals surface area contributed by atoms with Gasteiger partial charge in [-0.3, -0.25) is 4.79 Å². The van der Waals surface area contributed by atoms with E-state index < -0.39 is 10.0 Å². The van der Waals surface area contributed by atoms with Crippen LogP contribution >= 0.6 is 11.8 Å². The predicted molar refractivity (Wildman–Crippen MR) is 110 cm³/mol. The van der Waals surface area contributed by atoms with Crippen molar-refractivity contribution in [2.24, 2.45) is 5.92 Å². The molecule has 5 nitrogen and oxygen atoms in total. The van der Waals surface area contributed by atoms with Crippen LogP contribution in [0.1, 0.15) is 18.4 Å². The minimum atomic E-state index is -3.44. The normalized spacial score (nSPS) is 18.2. The molecule has 2 aromatic rings. The summed E-state index contributed by atoms with van der Waals surface area (Å²) in [5.41, 5.74) is 1.54. The summed E-state index contributed by atoms with van der Waals surface area (Å²) >= 11 is 1.57. The first-order valence-corrected chi connectivity index (χ1v) is 11.8. The van der Waals surface area contributed by atoms with Crippen molar-refractivity contribution in [1.82, 2.24) is 4.31 Å². The minimum Gasteiger partial charge on any atom is -0.325 e. The highest BCUT2D eigenvalue weighted by molar-refractivity contribution is 7.98. The lowest BCUT2D eigenvalue weighted by atomic mass is 9.99. The highest BCUT2D eigenvalue weighted by Gasteiger charge is 2.32. The second-order valence-electron chi connectivity index (χ2n) is 6.63. The average Bonchev–Trinajstić information content (AvgIpc) is 2.69. The smallest absolute Gasteiger partial charge is 0.228 e. The van der Waals surface area contributed by atoms with Gasteiger partial charge in [0.1, 0.15) is 0 Å². The summed E-state index contributed by atoms with van der Waals surface area (Å²) < 4.78 is 27.0. The van der Waals surface area contributed by atoms with Gasteiger partial charge in [0.25, 0.3) is 0 Å². The molecule has 3 rings (SSSR count). The monoisotopic (exact) mass is 404 g/mol. The van der Waals surface area contributed by atoms with Gasteiger partial charge in [0.2, 0.25) is 15.9 Å². The molecule has 1 aliphatic heterocycles. The number of rotatable bonds is 6. The van der Waals surface area contributed by atoms with E-state index in [9.17, 15) is 13.2 Å². The maximum absolute atomic E-state index is 12.8. The molecule has 0 bridgehead atoms. The molecule has 144 valence electrons. The Labute approximate surface area is 165 Å². The maximum atomic E-state index is 12.8. The minimum absolute atomic E-state index is 0.0303. The fourth-order valence-electron chi connectivity index (χ4n) is 3.27. The number of amides is 1. The van der Waals surface area contributed by atoms with Gasteiger partial charge >= 0.3 is 0 Å². The predicted octanol–water partition coefficient (Wildman–Crippen LogP) is 3.59. The fraction of sp³-hybridized carbons (Fsp3) is 0.350. The molecule has 7 heteroatoms. The third kappa shape index (κ3) is 5.12. The second kappa shape index (κ2) is 8.91. The second-order valence-corrected chi connectivity index (χ2v) is 9.45. The topological polar surface area (TPSA) is 66.5 Å². The zero-order valence-electron chi connectivity index (χ0n) is 15.3. The number of nitrogens with one attached hydrogen (secondary N) is 1. The highest BCUT2D eigenvalue weighted by Crippen LogP contribution is 2.27. The number of benzene rings is 2. The summed E-state index contributed by atoms with van der Waals surface area (Å²) in [6.45, 7) is 0.711. The first kappa shape index (κ1) is 19.9. The van der Waals surface area contributed by atoms with Crippen molar-refractivity contribution < 1.29 is 13.2 Å².